The average Bonchev–Trinajstić information content (AvgIpc) is 2.61. The fourth-order valence-electron chi connectivity index (χ4n) is 3.10. The van der Waals surface area contributed by atoms with Gasteiger partial charge in [-0.15, -0.1) is 0 Å². The van der Waals surface area contributed by atoms with Gasteiger partial charge in [-0.25, -0.2) is 0 Å². The van der Waals surface area contributed by atoms with E-state index in [9.17, 15) is 9.79 Å². The van der Waals surface area contributed by atoms with Gasteiger partial charge in [-0.05, 0) is 0 Å². The molecule has 0 aromatic heterocycles. The van der Waals surface area contributed by atoms with Crippen LogP contribution >= 0.6 is 4.58 Å². The third kappa shape index (κ3) is 3.28. The second kappa shape index (κ2) is 6.83. The van der Waals surface area contributed by atoms with Gasteiger partial charge in [0.25, 0.3) is 0 Å². The molecule has 125 valence electrons. The van der Waals surface area contributed by atoms with Crippen LogP contribution in [0, 0.1) is 0 Å². The maximum atomic E-state index is 10.8. The van der Waals surface area contributed by atoms with E-state index in [0.717, 1.165) is 31.3 Å². The number of hydrogen-bond donors (Lipinski definition) is 2. The second-order valence-electron chi connectivity index (χ2n) is 5.73. The summed E-state index contributed by atoms with van der Waals surface area (Å²) in [6.07, 6.45) is 0. The minimum absolute atomic E-state index is 0.791. The van der Waals surface area contributed by atoms with E-state index in [1.807, 2.05) is 48.5 Å². The van der Waals surface area contributed by atoms with Crippen molar-refractivity contribution in [1.29, 1.82) is 0 Å². The average molecular weight is 447 g/mol. The molecule has 2 N–H and O–H groups in total. The number of hydrogen-bond acceptors (Lipinski definition) is 0. The van der Waals surface area contributed by atoms with Crippen molar-refractivity contribution in [2.45, 2.75) is 9.79 Å². The molecule has 4 aromatic rings. The van der Waals surface area contributed by atoms with Crippen LogP contribution in [0.2, 0.25) is 0 Å². The van der Waals surface area contributed by atoms with Crippen LogP contribution in [-0.4, -0.2) is 9.79 Å². The van der Waals surface area contributed by atoms with Crippen molar-refractivity contribution < 1.29 is 29.1 Å². The normalized spacial score (nSPS) is 12.1. The zero-order valence-corrected chi connectivity index (χ0v) is 17.0. The van der Waals surface area contributed by atoms with Gasteiger partial charge in [-0.2, -0.15) is 0 Å². The molecule has 0 fully saturated rings. The molecule has 0 saturated heterocycles. The molecule has 0 aliphatic carbocycles. The van der Waals surface area contributed by atoms with E-state index in [2.05, 4.69) is 36.4 Å². The summed E-state index contributed by atoms with van der Waals surface area (Å²) in [4.78, 5) is 23.6. The summed E-state index contributed by atoms with van der Waals surface area (Å²) >= 11 is 1.50. The summed E-state index contributed by atoms with van der Waals surface area (Å²) in [5.74, 6) is 0. The van der Waals surface area contributed by atoms with Crippen molar-refractivity contribution in [3.05, 3.63) is 84.9 Å². The molecule has 0 atom stereocenters. The fourth-order valence-corrected chi connectivity index (χ4v) is 11.1. The third-order valence-electron chi connectivity index (χ3n) is 4.15. The molecule has 0 radical (unpaired) electrons. The first-order valence-corrected chi connectivity index (χ1v) is 14.0. The predicted molar refractivity (Wildman–Crippen MR) is 103 cm³/mol. The summed E-state index contributed by atoms with van der Waals surface area (Å²) in [5.41, 5.74) is 0. The van der Waals surface area contributed by atoms with Crippen molar-refractivity contribution in [1.82, 2.24) is 0 Å². The standard InChI is InChI=1S/C20H16O2PS.Mo/c21-23(22)24(19-13-5-9-15-7-1-3-11-17(15)19)20-14-6-10-16-8-2-4-12-18(16)20;/h1-14,21-22H;/q+1;-1. The Labute approximate surface area is 159 Å². The molecular weight excluding hydrogens is 431 g/mol. The topological polar surface area (TPSA) is 40.5 Å². The van der Waals surface area contributed by atoms with Gasteiger partial charge >= 0.3 is 160 Å². The van der Waals surface area contributed by atoms with Crippen LogP contribution in [0.5, 0.6) is 0 Å². The fraction of sp³-hybridized carbons (Fsp3) is 0. The number of fused-ring (bicyclic) bond motifs is 2. The summed E-state index contributed by atoms with van der Waals surface area (Å²) < 4.78 is -3.14. The van der Waals surface area contributed by atoms with Crippen LogP contribution < -0.4 is 0 Å². The van der Waals surface area contributed by atoms with Crippen molar-refractivity contribution in [3.63, 3.8) is 0 Å². The predicted octanol–water partition coefficient (Wildman–Crippen LogP) is 5.24. The Balaban J connectivity index is 2.13. The van der Waals surface area contributed by atoms with Gasteiger partial charge in [0.1, 0.15) is 0 Å². The van der Waals surface area contributed by atoms with Crippen LogP contribution in [-0.2, 0) is 29.4 Å². The van der Waals surface area contributed by atoms with Crippen LogP contribution in [0.4, 0.5) is 0 Å². The van der Waals surface area contributed by atoms with Crippen LogP contribution in [0.3, 0.4) is 0 Å². The van der Waals surface area contributed by atoms with Gasteiger partial charge in [0, 0.05) is 0 Å². The van der Waals surface area contributed by atoms with E-state index in [4.69, 9.17) is 0 Å². The van der Waals surface area contributed by atoms with E-state index in [1.54, 1.807) is 0 Å². The van der Waals surface area contributed by atoms with Crippen molar-refractivity contribution in [3.8, 4) is 0 Å². The van der Waals surface area contributed by atoms with Gasteiger partial charge in [0.05, 0.1) is 0 Å². The monoisotopic (exact) mass is 449 g/mol. The zero-order valence-electron chi connectivity index (χ0n) is 13.2. The number of benzene rings is 4. The minimum atomic E-state index is -3.14. The van der Waals surface area contributed by atoms with E-state index >= 15 is 0 Å². The summed E-state index contributed by atoms with van der Waals surface area (Å²) in [5, 5.41) is 4.40. The molecule has 0 heterocycles. The first kappa shape index (κ1) is 17.2. The first-order valence-electron chi connectivity index (χ1n) is 7.82. The van der Waals surface area contributed by atoms with Crippen LogP contribution in [0.15, 0.2) is 94.7 Å². The van der Waals surface area contributed by atoms with Crippen molar-refractivity contribution in [2.24, 2.45) is 0 Å². The van der Waals surface area contributed by atoms with E-state index in [-0.39, 0.29) is 0 Å². The Hall–Kier alpha value is -1.21. The van der Waals surface area contributed by atoms with Crippen molar-refractivity contribution in [2.75, 3.05) is 0 Å². The molecule has 0 saturated carbocycles. The summed E-state index contributed by atoms with van der Waals surface area (Å²) in [6, 6.07) is 28.5. The molecule has 25 heavy (non-hydrogen) atoms. The Morgan fingerprint density at radius 1 is 0.600 bits per heavy atom. The summed E-state index contributed by atoms with van der Waals surface area (Å²) in [7, 11) is -0.791. The third-order valence-corrected chi connectivity index (χ3v) is 12.1. The quantitative estimate of drug-likeness (QED) is 0.326. The number of rotatable bonds is 2. The molecule has 2 nitrogen and oxygen atoms in total. The van der Waals surface area contributed by atoms with E-state index in [1.165, 1.54) is 19.3 Å². The molecule has 0 spiro atoms. The van der Waals surface area contributed by atoms with Crippen LogP contribution in [0.25, 0.3) is 21.5 Å². The molecular formula is C20H16MoO2PS. The molecule has 0 amide bonds. The van der Waals surface area contributed by atoms with Gasteiger partial charge in [-0.3, -0.25) is 0 Å². The molecule has 0 aliphatic rings. The molecule has 4 rings (SSSR count). The Bertz CT molecular complexity index is 1050. The molecule has 4 aromatic carbocycles. The molecule has 0 bridgehead atoms. The van der Waals surface area contributed by atoms with E-state index < -0.39 is 14.7 Å². The Morgan fingerprint density at radius 2 is 1.00 bits per heavy atom. The SMILES string of the molecule is O[P](O)([Mo])=S(c1cccc2ccccc12)c1cccc2ccccc12. The second-order valence-corrected chi connectivity index (χ2v) is 16.4. The van der Waals surface area contributed by atoms with Gasteiger partial charge < -0.3 is 0 Å². The van der Waals surface area contributed by atoms with Gasteiger partial charge in [0.15, 0.2) is 0 Å². The maximum absolute atomic E-state index is 10.8. The Kier molecular flexibility index (Phi) is 4.71. The van der Waals surface area contributed by atoms with E-state index in [0.29, 0.717) is 0 Å². The van der Waals surface area contributed by atoms with Gasteiger partial charge in [-0.1, -0.05) is 0 Å². The van der Waals surface area contributed by atoms with Crippen LogP contribution in [0.1, 0.15) is 0 Å². The first-order chi connectivity index (χ1) is 12.1. The molecule has 0 aliphatic heterocycles. The zero-order chi connectivity index (χ0) is 17.4. The summed E-state index contributed by atoms with van der Waals surface area (Å²) in [6.45, 7) is 0. The molecule has 0 unspecified atom stereocenters. The van der Waals surface area contributed by atoms with Crippen molar-refractivity contribution >= 4 is 36.2 Å². The van der Waals surface area contributed by atoms with Gasteiger partial charge in [0.2, 0.25) is 0 Å². The molecule has 5 heteroatoms. The Morgan fingerprint density at radius 3 is 1.44 bits per heavy atom.